The van der Waals surface area contributed by atoms with Gasteiger partial charge in [-0.2, -0.15) is 0 Å². The predicted octanol–water partition coefficient (Wildman–Crippen LogP) is 2.43. The average Bonchev–Trinajstić information content (AvgIpc) is 2.48. The predicted molar refractivity (Wildman–Crippen MR) is 81.1 cm³/mol. The van der Waals surface area contributed by atoms with Gasteiger partial charge in [0.25, 0.3) is 0 Å². The first-order chi connectivity index (χ1) is 9.66. The molecule has 0 spiro atoms. The summed E-state index contributed by atoms with van der Waals surface area (Å²) >= 11 is 0. The first-order valence-electron chi connectivity index (χ1n) is 6.81. The lowest BCUT2D eigenvalue weighted by Crippen LogP contribution is -2.41. The molecule has 2 aromatic carbocycles. The minimum atomic E-state index is -0.357. The fourth-order valence-corrected chi connectivity index (χ4v) is 2.19. The van der Waals surface area contributed by atoms with E-state index in [0.29, 0.717) is 0 Å². The zero-order valence-electron chi connectivity index (χ0n) is 11.6. The Morgan fingerprint density at radius 2 is 1.60 bits per heavy atom. The van der Waals surface area contributed by atoms with Gasteiger partial charge in [0.15, 0.2) is 0 Å². The van der Waals surface area contributed by atoms with E-state index in [-0.39, 0.29) is 18.0 Å². The zero-order valence-corrected chi connectivity index (χ0v) is 11.6. The Morgan fingerprint density at radius 3 is 2.15 bits per heavy atom. The number of hydrogen-bond donors (Lipinski definition) is 2. The summed E-state index contributed by atoms with van der Waals surface area (Å²) < 4.78 is 0. The fourth-order valence-electron chi connectivity index (χ4n) is 2.19. The highest BCUT2D eigenvalue weighted by Crippen LogP contribution is 2.19. The summed E-state index contributed by atoms with van der Waals surface area (Å²) in [4.78, 5) is 11.3. The molecule has 2 rings (SSSR count). The molecule has 0 unspecified atom stereocenters. The normalized spacial score (nSPS) is 13.7. The molecule has 0 radical (unpaired) electrons. The van der Waals surface area contributed by atoms with E-state index in [1.807, 2.05) is 36.4 Å². The number of carbonyl (C=O) groups excluding carboxylic acids is 1. The molecule has 3 N–H and O–H groups in total. The van der Waals surface area contributed by atoms with Gasteiger partial charge < -0.3 is 5.73 Å². The quantitative estimate of drug-likeness (QED) is 0.845. The smallest absolute Gasteiger partial charge is 0.234 e. The third kappa shape index (κ3) is 3.93. The van der Waals surface area contributed by atoms with Crippen molar-refractivity contribution < 1.29 is 4.79 Å². The van der Waals surface area contributed by atoms with Crippen molar-refractivity contribution in [3.05, 3.63) is 71.8 Å². The first kappa shape index (κ1) is 14.3. The maximum atomic E-state index is 11.3. The molecule has 3 heteroatoms. The van der Waals surface area contributed by atoms with Crippen LogP contribution in [-0.4, -0.2) is 11.9 Å². The SMILES string of the molecule is C[C@@H](N[C@H](Cc1ccccc1)c1ccccc1)C(N)=O. The van der Waals surface area contributed by atoms with Gasteiger partial charge in [-0.25, -0.2) is 0 Å². The number of nitrogens with two attached hydrogens (primary N) is 1. The minimum absolute atomic E-state index is 0.0705. The van der Waals surface area contributed by atoms with Crippen molar-refractivity contribution >= 4 is 5.91 Å². The molecule has 104 valence electrons. The van der Waals surface area contributed by atoms with Gasteiger partial charge in [0, 0.05) is 6.04 Å². The maximum absolute atomic E-state index is 11.3. The van der Waals surface area contributed by atoms with E-state index in [1.165, 1.54) is 5.56 Å². The van der Waals surface area contributed by atoms with E-state index in [2.05, 4.69) is 29.6 Å². The Hall–Kier alpha value is -2.13. The van der Waals surface area contributed by atoms with Crippen LogP contribution in [0.15, 0.2) is 60.7 Å². The average molecular weight is 268 g/mol. The van der Waals surface area contributed by atoms with Gasteiger partial charge in [0.1, 0.15) is 0 Å². The summed E-state index contributed by atoms with van der Waals surface area (Å²) in [7, 11) is 0. The summed E-state index contributed by atoms with van der Waals surface area (Å²) in [5, 5.41) is 3.31. The van der Waals surface area contributed by atoms with Crippen LogP contribution in [0.5, 0.6) is 0 Å². The topological polar surface area (TPSA) is 55.1 Å². The second-order valence-electron chi connectivity index (χ2n) is 4.94. The van der Waals surface area contributed by atoms with E-state index in [0.717, 1.165) is 12.0 Å². The zero-order chi connectivity index (χ0) is 14.4. The molecule has 0 fully saturated rings. The van der Waals surface area contributed by atoms with Gasteiger partial charge in [0.05, 0.1) is 6.04 Å². The standard InChI is InChI=1S/C17H20N2O/c1-13(17(18)20)19-16(15-10-6-3-7-11-15)12-14-8-4-2-5-9-14/h2-11,13,16,19H,12H2,1H3,(H2,18,20)/t13-,16-/m1/s1. The molecule has 3 nitrogen and oxygen atoms in total. The molecule has 0 aliphatic heterocycles. The van der Waals surface area contributed by atoms with Gasteiger partial charge in [-0.3, -0.25) is 10.1 Å². The van der Waals surface area contributed by atoms with Crippen molar-refractivity contribution in [3.8, 4) is 0 Å². The van der Waals surface area contributed by atoms with Crippen LogP contribution >= 0.6 is 0 Å². The highest BCUT2D eigenvalue weighted by molar-refractivity contribution is 5.79. The van der Waals surface area contributed by atoms with E-state index < -0.39 is 0 Å². The van der Waals surface area contributed by atoms with Crippen LogP contribution < -0.4 is 11.1 Å². The molecule has 0 saturated carbocycles. The van der Waals surface area contributed by atoms with Crippen molar-refractivity contribution in [2.75, 3.05) is 0 Å². The third-order valence-electron chi connectivity index (χ3n) is 3.36. The molecule has 0 aliphatic rings. The summed E-state index contributed by atoms with van der Waals surface area (Å²) in [6, 6.07) is 20.1. The van der Waals surface area contributed by atoms with Gasteiger partial charge >= 0.3 is 0 Å². The molecular formula is C17H20N2O. The Kier molecular flexibility index (Phi) is 4.91. The van der Waals surface area contributed by atoms with Crippen LogP contribution in [0.4, 0.5) is 0 Å². The molecule has 0 aliphatic carbocycles. The van der Waals surface area contributed by atoms with Crippen molar-refractivity contribution in [2.45, 2.75) is 25.4 Å². The van der Waals surface area contributed by atoms with Crippen LogP contribution in [0.25, 0.3) is 0 Å². The lowest BCUT2D eigenvalue weighted by molar-refractivity contribution is -0.119. The highest BCUT2D eigenvalue weighted by Gasteiger charge is 2.17. The number of amides is 1. The first-order valence-corrected chi connectivity index (χ1v) is 6.81. The number of hydrogen-bond acceptors (Lipinski definition) is 2. The van der Waals surface area contributed by atoms with Crippen molar-refractivity contribution in [2.24, 2.45) is 5.73 Å². The van der Waals surface area contributed by atoms with Crippen LogP contribution in [0.1, 0.15) is 24.1 Å². The summed E-state index contributed by atoms with van der Waals surface area (Å²) in [5.74, 6) is -0.334. The van der Waals surface area contributed by atoms with Crippen LogP contribution in [-0.2, 0) is 11.2 Å². The molecule has 1 amide bonds. The van der Waals surface area contributed by atoms with Crippen molar-refractivity contribution in [1.29, 1.82) is 0 Å². The third-order valence-corrected chi connectivity index (χ3v) is 3.36. The number of nitrogens with one attached hydrogen (secondary N) is 1. The Morgan fingerprint density at radius 1 is 1.05 bits per heavy atom. The molecule has 0 bridgehead atoms. The fraction of sp³-hybridized carbons (Fsp3) is 0.235. The lowest BCUT2D eigenvalue weighted by atomic mass is 9.98. The number of carbonyl (C=O) groups is 1. The van der Waals surface area contributed by atoms with Gasteiger partial charge in [-0.1, -0.05) is 60.7 Å². The molecule has 20 heavy (non-hydrogen) atoms. The van der Waals surface area contributed by atoms with E-state index in [4.69, 9.17) is 5.73 Å². The summed E-state index contributed by atoms with van der Waals surface area (Å²) in [6.45, 7) is 1.79. The summed E-state index contributed by atoms with van der Waals surface area (Å²) in [6.07, 6.45) is 0.822. The van der Waals surface area contributed by atoms with Gasteiger partial charge in [0.2, 0.25) is 5.91 Å². The van der Waals surface area contributed by atoms with E-state index >= 15 is 0 Å². The molecular weight excluding hydrogens is 248 g/mol. The summed E-state index contributed by atoms with van der Waals surface area (Å²) in [5.41, 5.74) is 7.74. The minimum Gasteiger partial charge on any atom is -0.368 e. The van der Waals surface area contributed by atoms with Gasteiger partial charge in [-0.15, -0.1) is 0 Å². The molecule has 2 aromatic rings. The highest BCUT2D eigenvalue weighted by atomic mass is 16.1. The molecule has 2 atom stereocenters. The lowest BCUT2D eigenvalue weighted by Gasteiger charge is -2.22. The van der Waals surface area contributed by atoms with Crippen molar-refractivity contribution in [1.82, 2.24) is 5.32 Å². The monoisotopic (exact) mass is 268 g/mol. The van der Waals surface area contributed by atoms with Crippen LogP contribution in [0.2, 0.25) is 0 Å². The number of rotatable bonds is 6. The Labute approximate surface area is 119 Å². The molecule has 0 saturated heterocycles. The van der Waals surface area contributed by atoms with E-state index in [9.17, 15) is 4.79 Å². The Bertz CT molecular complexity index is 539. The van der Waals surface area contributed by atoms with Crippen LogP contribution in [0.3, 0.4) is 0 Å². The van der Waals surface area contributed by atoms with Crippen molar-refractivity contribution in [3.63, 3.8) is 0 Å². The second-order valence-corrected chi connectivity index (χ2v) is 4.94. The van der Waals surface area contributed by atoms with Gasteiger partial charge in [-0.05, 0) is 24.5 Å². The number of benzene rings is 2. The maximum Gasteiger partial charge on any atom is 0.234 e. The molecule has 0 aromatic heterocycles. The largest absolute Gasteiger partial charge is 0.368 e. The number of primary amides is 1. The van der Waals surface area contributed by atoms with Crippen LogP contribution in [0, 0.1) is 0 Å². The molecule has 0 heterocycles. The Balaban J connectivity index is 2.18. The van der Waals surface area contributed by atoms with E-state index in [1.54, 1.807) is 6.92 Å². The second kappa shape index (κ2) is 6.87.